The van der Waals surface area contributed by atoms with Gasteiger partial charge >= 0.3 is 0 Å². The molecular formula is C17H20FN3O2. The highest BCUT2D eigenvalue weighted by Crippen LogP contribution is 2.38. The van der Waals surface area contributed by atoms with Crippen LogP contribution in [0.3, 0.4) is 0 Å². The fourth-order valence-corrected chi connectivity index (χ4v) is 3.37. The summed E-state index contributed by atoms with van der Waals surface area (Å²) in [5.41, 5.74) is 6.94. The molecule has 5 nitrogen and oxygen atoms in total. The van der Waals surface area contributed by atoms with Crippen LogP contribution in [-0.4, -0.2) is 22.8 Å². The normalized spacial score (nSPS) is 22.7. The summed E-state index contributed by atoms with van der Waals surface area (Å²) in [4.78, 5) is 17.8. The molecule has 1 unspecified atom stereocenters. The Balaban J connectivity index is 2.04. The molecule has 1 saturated heterocycles. The van der Waals surface area contributed by atoms with E-state index in [0.717, 1.165) is 25.1 Å². The van der Waals surface area contributed by atoms with Crippen LogP contribution in [0.25, 0.3) is 10.9 Å². The Hall–Kier alpha value is -1.79. The lowest BCUT2D eigenvalue weighted by atomic mass is 10.0. The van der Waals surface area contributed by atoms with Crippen LogP contribution in [0.2, 0.25) is 0 Å². The van der Waals surface area contributed by atoms with Crippen LogP contribution in [0.1, 0.15) is 55.6 Å². The number of rotatable bonds is 3. The molecule has 1 aromatic carbocycles. The predicted octanol–water partition coefficient (Wildman–Crippen LogP) is 2.39. The number of hydrogen-bond donors (Lipinski definition) is 1. The molecule has 2 N–H and O–H groups in total. The molecule has 122 valence electrons. The SMILES string of the molecule is CC(N)c1cc(F)cc2c(=O)n(C3CC3)c([C@@H]3CCOC3)nc12. The van der Waals surface area contributed by atoms with Gasteiger partial charge in [-0.05, 0) is 43.9 Å². The van der Waals surface area contributed by atoms with Crippen LogP contribution in [0.15, 0.2) is 16.9 Å². The molecule has 6 heteroatoms. The molecule has 4 rings (SSSR count). The van der Waals surface area contributed by atoms with E-state index in [4.69, 9.17) is 15.5 Å². The minimum atomic E-state index is -0.442. The fraction of sp³-hybridized carbons (Fsp3) is 0.529. The van der Waals surface area contributed by atoms with Gasteiger partial charge in [0.05, 0.1) is 17.5 Å². The average molecular weight is 317 g/mol. The van der Waals surface area contributed by atoms with Crippen molar-refractivity contribution in [2.75, 3.05) is 13.2 Å². The Morgan fingerprint density at radius 2 is 2.17 bits per heavy atom. The molecule has 0 spiro atoms. The molecule has 2 aromatic rings. The molecule has 1 aliphatic heterocycles. The quantitative estimate of drug-likeness (QED) is 0.943. The lowest BCUT2D eigenvalue weighted by Crippen LogP contribution is -2.27. The minimum Gasteiger partial charge on any atom is -0.381 e. The third-order valence-corrected chi connectivity index (χ3v) is 4.72. The van der Waals surface area contributed by atoms with Crippen LogP contribution in [0.4, 0.5) is 4.39 Å². The van der Waals surface area contributed by atoms with E-state index in [-0.39, 0.29) is 23.6 Å². The van der Waals surface area contributed by atoms with Crippen molar-refractivity contribution in [1.29, 1.82) is 0 Å². The molecule has 2 fully saturated rings. The van der Waals surface area contributed by atoms with Gasteiger partial charge in [-0.3, -0.25) is 9.36 Å². The number of halogens is 1. The highest BCUT2D eigenvalue weighted by molar-refractivity contribution is 5.81. The highest BCUT2D eigenvalue weighted by atomic mass is 19.1. The molecule has 1 aromatic heterocycles. The van der Waals surface area contributed by atoms with Crippen LogP contribution in [0.5, 0.6) is 0 Å². The number of fused-ring (bicyclic) bond motifs is 1. The smallest absolute Gasteiger partial charge is 0.261 e. The van der Waals surface area contributed by atoms with Crippen LogP contribution in [-0.2, 0) is 4.74 Å². The second-order valence-electron chi connectivity index (χ2n) is 6.62. The van der Waals surface area contributed by atoms with Crippen molar-refractivity contribution in [1.82, 2.24) is 9.55 Å². The molecule has 0 bridgehead atoms. The third-order valence-electron chi connectivity index (χ3n) is 4.72. The standard InChI is InChI=1S/C17H20FN3O2/c1-9(19)13-6-11(18)7-14-15(13)20-16(10-4-5-23-8-10)21(17(14)22)12-2-3-12/h6-7,9-10,12H,2-5,8,19H2,1H3/t9?,10-/m1/s1. The summed E-state index contributed by atoms with van der Waals surface area (Å²) in [6.45, 7) is 3.05. The van der Waals surface area contributed by atoms with E-state index >= 15 is 0 Å². The summed E-state index contributed by atoms with van der Waals surface area (Å²) in [7, 11) is 0. The maximum Gasteiger partial charge on any atom is 0.261 e. The zero-order valence-corrected chi connectivity index (χ0v) is 13.1. The van der Waals surface area contributed by atoms with Gasteiger partial charge in [0.25, 0.3) is 5.56 Å². The van der Waals surface area contributed by atoms with Gasteiger partial charge in [-0.2, -0.15) is 0 Å². The maximum atomic E-state index is 13.9. The number of hydrogen-bond acceptors (Lipinski definition) is 4. The van der Waals surface area contributed by atoms with E-state index in [9.17, 15) is 9.18 Å². The van der Waals surface area contributed by atoms with Crippen molar-refractivity contribution in [2.24, 2.45) is 5.73 Å². The van der Waals surface area contributed by atoms with E-state index < -0.39 is 5.82 Å². The van der Waals surface area contributed by atoms with Crippen molar-refractivity contribution in [3.8, 4) is 0 Å². The fourth-order valence-electron chi connectivity index (χ4n) is 3.37. The first-order valence-electron chi connectivity index (χ1n) is 8.15. The second kappa shape index (κ2) is 5.39. The van der Waals surface area contributed by atoms with Gasteiger partial charge in [0.15, 0.2) is 0 Å². The molecule has 1 aliphatic carbocycles. The van der Waals surface area contributed by atoms with E-state index in [1.807, 2.05) is 0 Å². The first-order valence-corrected chi connectivity index (χ1v) is 8.15. The topological polar surface area (TPSA) is 70.1 Å². The second-order valence-corrected chi connectivity index (χ2v) is 6.62. The lowest BCUT2D eigenvalue weighted by molar-refractivity contribution is 0.192. The third kappa shape index (κ3) is 2.46. The number of nitrogens with two attached hydrogens (primary N) is 1. The monoisotopic (exact) mass is 317 g/mol. The molecule has 1 saturated carbocycles. The largest absolute Gasteiger partial charge is 0.381 e. The average Bonchev–Trinajstić information content (AvgIpc) is 3.20. The van der Waals surface area contributed by atoms with Crippen molar-refractivity contribution < 1.29 is 9.13 Å². The van der Waals surface area contributed by atoms with Crippen LogP contribution in [0, 0.1) is 5.82 Å². The van der Waals surface area contributed by atoms with Gasteiger partial charge in [0.1, 0.15) is 11.6 Å². The van der Waals surface area contributed by atoms with Gasteiger partial charge in [-0.25, -0.2) is 9.37 Å². The predicted molar refractivity (Wildman–Crippen MR) is 85.0 cm³/mol. The van der Waals surface area contributed by atoms with Gasteiger partial charge in [0.2, 0.25) is 0 Å². The molecular weight excluding hydrogens is 297 g/mol. The van der Waals surface area contributed by atoms with Crippen LogP contribution < -0.4 is 11.3 Å². The molecule has 0 amide bonds. The zero-order valence-electron chi connectivity index (χ0n) is 13.1. The summed E-state index contributed by atoms with van der Waals surface area (Å²) in [6.07, 6.45) is 2.81. The van der Waals surface area contributed by atoms with Gasteiger partial charge < -0.3 is 10.5 Å². The number of ether oxygens (including phenoxy) is 1. The van der Waals surface area contributed by atoms with Crippen LogP contribution >= 0.6 is 0 Å². The van der Waals surface area contributed by atoms with E-state index in [1.54, 1.807) is 11.5 Å². The van der Waals surface area contributed by atoms with Crippen molar-refractivity contribution in [3.63, 3.8) is 0 Å². The van der Waals surface area contributed by atoms with Gasteiger partial charge in [-0.15, -0.1) is 0 Å². The number of aromatic nitrogens is 2. The van der Waals surface area contributed by atoms with E-state index in [2.05, 4.69) is 0 Å². The minimum absolute atomic E-state index is 0.124. The lowest BCUT2D eigenvalue weighted by Gasteiger charge is -2.18. The summed E-state index contributed by atoms with van der Waals surface area (Å²) in [5.74, 6) is 0.456. The van der Waals surface area contributed by atoms with Gasteiger partial charge in [-0.1, -0.05) is 0 Å². The Morgan fingerprint density at radius 1 is 1.39 bits per heavy atom. The Bertz CT molecular complexity index is 821. The first-order chi connectivity index (χ1) is 11.1. The maximum absolute atomic E-state index is 13.9. The summed E-state index contributed by atoms with van der Waals surface area (Å²) < 4.78 is 21.2. The summed E-state index contributed by atoms with van der Waals surface area (Å²) in [6, 6.07) is 2.47. The van der Waals surface area contributed by atoms with Crippen molar-refractivity contribution in [2.45, 2.75) is 44.2 Å². The zero-order chi connectivity index (χ0) is 16.1. The van der Waals surface area contributed by atoms with Crippen molar-refractivity contribution >= 4 is 10.9 Å². The van der Waals surface area contributed by atoms with Crippen molar-refractivity contribution in [3.05, 3.63) is 39.7 Å². The Kier molecular flexibility index (Phi) is 3.46. The summed E-state index contributed by atoms with van der Waals surface area (Å²) >= 11 is 0. The molecule has 2 aliphatic rings. The molecule has 2 heterocycles. The Morgan fingerprint density at radius 3 is 2.78 bits per heavy atom. The molecule has 2 atom stereocenters. The Labute approximate surface area is 133 Å². The summed E-state index contributed by atoms with van der Waals surface area (Å²) in [5, 5.41) is 0.326. The van der Waals surface area contributed by atoms with Gasteiger partial charge in [0, 0.05) is 24.6 Å². The molecule has 23 heavy (non-hydrogen) atoms. The van der Waals surface area contributed by atoms with E-state index in [0.29, 0.717) is 29.7 Å². The molecule has 0 radical (unpaired) electrons. The van der Waals surface area contributed by atoms with E-state index in [1.165, 1.54) is 12.1 Å². The highest BCUT2D eigenvalue weighted by Gasteiger charge is 2.33. The first kappa shape index (κ1) is 14.8. The number of nitrogens with zero attached hydrogens (tertiary/aromatic N) is 2. The number of benzene rings is 1.